The van der Waals surface area contributed by atoms with Crippen LogP contribution in [0.5, 0.6) is 11.5 Å². The van der Waals surface area contributed by atoms with E-state index in [9.17, 15) is 12.8 Å². The number of ether oxygens (including phenoxy) is 2. The summed E-state index contributed by atoms with van der Waals surface area (Å²) in [5.74, 6) is -0.680. The van der Waals surface area contributed by atoms with E-state index in [1.807, 2.05) is 12.1 Å². The Morgan fingerprint density at radius 3 is 2.37 bits per heavy atom. The van der Waals surface area contributed by atoms with E-state index in [1.54, 1.807) is 35.3 Å². The number of halogens is 1. The van der Waals surface area contributed by atoms with Crippen LogP contribution in [0.2, 0.25) is 0 Å². The molecule has 0 radical (unpaired) electrons. The van der Waals surface area contributed by atoms with Gasteiger partial charge in [-0.1, -0.05) is 12.1 Å². The fourth-order valence-electron chi connectivity index (χ4n) is 2.49. The number of benzene rings is 2. The molecule has 0 atom stereocenters. The van der Waals surface area contributed by atoms with Crippen molar-refractivity contribution in [2.75, 3.05) is 14.2 Å². The molecule has 0 saturated carbocycles. The molecule has 1 aromatic heterocycles. The maximum Gasteiger partial charge on any atom is 0.243 e. The normalized spacial score (nSPS) is 11.4. The molecule has 3 rings (SSSR count). The second-order valence-electron chi connectivity index (χ2n) is 5.58. The zero-order chi connectivity index (χ0) is 19.4. The fourth-order valence-corrected chi connectivity index (χ4v) is 3.58. The van der Waals surface area contributed by atoms with Gasteiger partial charge in [-0.25, -0.2) is 22.2 Å². The van der Waals surface area contributed by atoms with Crippen LogP contribution in [-0.2, 0) is 16.6 Å². The van der Waals surface area contributed by atoms with Crippen LogP contribution in [-0.4, -0.2) is 32.4 Å². The summed E-state index contributed by atoms with van der Waals surface area (Å²) in [7, 11) is -1.39. The van der Waals surface area contributed by atoms with Crippen LogP contribution >= 0.6 is 0 Å². The molecule has 0 aliphatic rings. The smallest absolute Gasteiger partial charge is 0.243 e. The highest BCUT2D eigenvalue weighted by molar-refractivity contribution is 7.89. The van der Waals surface area contributed by atoms with Gasteiger partial charge in [0.25, 0.3) is 0 Å². The maximum absolute atomic E-state index is 14.2. The zero-order valence-electron chi connectivity index (χ0n) is 14.7. The Labute approximate surface area is 156 Å². The van der Waals surface area contributed by atoms with Crippen LogP contribution in [0, 0.1) is 5.82 Å². The van der Waals surface area contributed by atoms with E-state index in [1.165, 1.54) is 14.2 Å². The van der Waals surface area contributed by atoms with Gasteiger partial charge in [-0.05, 0) is 23.8 Å². The van der Waals surface area contributed by atoms with Gasteiger partial charge in [-0.2, -0.15) is 5.10 Å². The van der Waals surface area contributed by atoms with Crippen LogP contribution in [0.25, 0.3) is 5.69 Å². The van der Waals surface area contributed by atoms with E-state index in [2.05, 4.69) is 9.82 Å². The lowest BCUT2D eigenvalue weighted by atomic mass is 10.2. The molecule has 142 valence electrons. The standard InChI is InChI=1S/C18H18FN3O4S/c1-25-16-10-15(19)18(11-17(16)26-2)27(23,24)21-12-13-4-6-14(7-5-13)22-9-3-8-20-22/h3-11,21H,12H2,1-2H3. The van der Waals surface area contributed by atoms with Crippen molar-refractivity contribution >= 4 is 10.0 Å². The van der Waals surface area contributed by atoms with Crippen molar-refractivity contribution in [3.05, 3.63) is 66.2 Å². The minimum Gasteiger partial charge on any atom is -0.493 e. The molecule has 27 heavy (non-hydrogen) atoms. The first-order valence-corrected chi connectivity index (χ1v) is 9.43. The quantitative estimate of drug-likeness (QED) is 0.669. The number of sulfonamides is 1. The number of rotatable bonds is 7. The summed E-state index contributed by atoms with van der Waals surface area (Å²) < 4.78 is 53.3. The molecule has 0 bridgehead atoms. The lowest BCUT2D eigenvalue weighted by Gasteiger charge is -2.12. The monoisotopic (exact) mass is 391 g/mol. The predicted molar refractivity (Wildman–Crippen MR) is 97.1 cm³/mol. The first-order chi connectivity index (χ1) is 12.9. The third kappa shape index (κ3) is 4.09. The Morgan fingerprint density at radius 1 is 1.11 bits per heavy atom. The second kappa shape index (κ2) is 7.77. The number of nitrogens with zero attached hydrogens (tertiary/aromatic N) is 2. The minimum atomic E-state index is -4.08. The first-order valence-electron chi connectivity index (χ1n) is 7.95. The lowest BCUT2D eigenvalue weighted by Crippen LogP contribution is -2.24. The summed E-state index contributed by atoms with van der Waals surface area (Å²) in [6, 6.07) is 11.0. The number of methoxy groups -OCH3 is 2. The Morgan fingerprint density at radius 2 is 1.78 bits per heavy atom. The maximum atomic E-state index is 14.2. The van der Waals surface area contributed by atoms with Gasteiger partial charge < -0.3 is 9.47 Å². The highest BCUT2D eigenvalue weighted by atomic mass is 32.2. The average Bonchev–Trinajstić information content (AvgIpc) is 3.21. The highest BCUT2D eigenvalue weighted by Gasteiger charge is 2.22. The molecule has 0 fully saturated rings. The SMILES string of the molecule is COc1cc(F)c(S(=O)(=O)NCc2ccc(-n3cccn3)cc2)cc1OC. The van der Waals surface area contributed by atoms with Gasteiger partial charge in [0, 0.05) is 31.1 Å². The average molecular weight is 391 g/mol. The molecule has 1 N–H and O–H groups in total. The Balaban J connectivity index is 1.77. The van der Waals surface area contributed by atoms with Gasteiger partial charge in [-0.15, -0.1) is 0 Å². The van der Waals surface area contributed by atoms with Gasteiger partial charge in [-0.3, -0.25) is 0 Å². The number of nitrogens with one attached hydrogen (secondary N) is 1. The van der Waals surface area contributed by atoms with Crippen molar-refractivity contribution in [1.29, 1.82) is 0 Å². The van der Waals surface area contributed by atoms with Crippen molar-refractivity contribution in [2.45, 2.75) is 11.4 Å². The summed E-state index contributed by atoms with van der Waals surface area (Å²) in [4.78, 5) is -0.506. The summed E-state index contributed by atoms with van der Waals surface area (Å²) in [6.45, 7) is 0.00943. The molecule has 0 amide bonds. The molecular formula is C18H18FN3O4S. The molecular weight excluding hydrogens is 373 g/mol. The van der Waals surface area contributed by atoms with E-state index in [0.29, 0.717) is 0 Å². The number of aromatic nitrogens is 2. The van der Waals surface area contributed by atoms with Crippen molar-refractivity contribution in [3.63, 3.8) is 0 Å². The van der Waals surface area contributed by atoms with Crippen molar-refractivity contribution in [3.8, 4) is 17.2 Å². The second-order valence-corrected chi connectivity index (χ2v) is 7.31. The molecule has 0 aliphatic heterocycles. The van der Waals surface area contributed by atoms with Crippen molar-refractivity contribution in [2.24, 2.45) is 0 Å². The van der Waals surface area contributed by atoms with Crippen LogP contribution in [0.1, 0.15) is 5.56 Å². The van der Waals surface area contributed by atoms with E-state index < -0.39 is 20.7 Å². The summed E-state index contributed by atoms with van der Waals surface area (Å²) in [5.41, 5.74) is 1.56. The largest absolute Gasteiger partial charge is 0.493 e. The molecule has 1 heterocycles. The number of hydrogen-bond acceptors (Lipinski definition) is 5. The molecule has 0 spiro atoms. The van der Waals surface area contributed by atoms with Gasteiger partial charge in [0.15, 0.2) is 11.5 Å². The van der Waals surface area contributed by atoms with E-state index in [-0.39, 0.29) is 18.0 Å². The highest BCUT2D eigenvalue weighted by Crippen LogP contribution is 2.31. The molecule has 0 aliphatic carbocycles. The van der Waals surface area contributed by atoms with E-state index in [0.717, 1.165) is 23.4 Å². The Kier molecular flexibility index (Phi) is 5.43. The number of hydrogen-bond donors (Lipinski definition) is 1. The third-order valence-corrected chi connectivity index (χ3v) is 5.32. The third-order valence-electron chi connectivity index (χ3n) is 3.90. The van der Waals surface area contributed by atoms with Crippen LogP contribution in [0.3, 0.4) is 0 Å². The summed E-state index contributed by atoms with van der Waals surface area (Å²) >= 11 is 0. The molecule has 3 aromatic rings. The van der Waals surface area contributed by atoms with Gasteiger partial charge >= 0.3 is 0 Å². The van der Waals surface area contributed by atoms with Crippen molar-refractivity contribution in [1.82, 2.24) is 14.5 Å². The van der Waals surface area contributed by atoms with E-state index >= 15 is 0 Å². The summed E-state index contributed by atoms with van der Waals surface area (Å²) in [6.07, 6.45) is 3.47. The van der Waals surface area contributed by atoms with Crippen LogP contribution in [0.4, 0.5) is 4.39 Å². The fraction of sp³-hybridized carbons (Fsp3) is 0.167. The zero-order valence-corrected chi connectivity index (χ0v) is 15.5. The Bertz CT molecular complexity index is 1020. The van der Waals surface area contributed by atoms with Crippen LogP contribution < -0.4 is 14.2 Å². The lowest BCUT2D eigenvalue weighted by molar-refractivity contribution is 0.350. The van der Waals surface area contributed by atoms with Gasteiger partial charge in [0.2, 0.25) is 10.0 Å². The van der Waals surface area contributed by atoms with Crippen molar-refractivity contribution < 1.29 is 22.3 Å². The first kappa shape index (κ1) is 18.9. The summed E-state index contributed by atoms with van der Waals surface area (Å²) in [5, 5.41) is 4.12. The minimum absolute atomic E-state index is 0.00943. The van der Waals surface area contributed by atoms with Crippen LogP contribution in [0.15, 0.2) is 59.8 Å². The van der Waals surface area contributed by atoms with Gasteiger partial charge in [0.05, 0.1) is 19.9 Å². The van der Waals surface area contributed by atoms with Gasteiger partial charge in [0.1, 0.15) is 10.7 Å². The molecule has 0 unspecified atom stereocenters. The molecule has 0 saturated heterocycles. The molecule has 7 nitrogen and oxygen atoms in total. The molecule has 9 heteroatoms. The Hall–Kier alpha value is -2.91. The topological polar surface area (TPSA) is 82.5 Å². The molecule has 2 aromatic carbocycles. The predicted octanol–water partition coefficient (Wildman–Crippen LogP) is 2.51. The van der Waals surface area contributed by atoms with E-state index in [4.69, 9.17) is 9.47 Å².